The van der Waals surface area contributed by atoms with Gasteiger partial charge in [0.1, 0.15) is 12.4 Å². The molecule has 6 nitrogen and oxygen atoms in total. The molecule has 0 aliphatic carbocycles. The van der Waals surface area contributed by atoms with Crippen molar-refractivity contribution in [3.8, 4) is 0 Å². The molecule has 2 N–H and O–H groups in total. The van der Waals surface area contributed by atoms with Crippen molar-refractivity contribution in [2.45, 2.75) is 13.5 Å². The van der Waals surface area contributed by atoms with Crippen molar-refractivity contribution in [1.82, 2.24) is 4.57 Å². The minimum Gasteiger partial charge on any atom is -0.324 e. The van der Waals surface area contributed by atoms with E-state index >= 15 is 0 Å². The van der Waals surface area contributed by atoms with E-state index in [2.05, 4.69) is 10.6 Å². The molecule has 0 aliphatic heterocycles. The number of para-hydroxylation sites is 1. The van der Waals surface area contributed by atoms with E-state index in [4.69, 9.17) is 0 Å². The van der Waals surface area contributed by atoms with E-state index < -0.39 is 17.6 Å². The summed E-state index contributed by atoms with van der Waals surface area (Å²) in [5.41, 5.74) is 1.53. The van der Waals surface area contributed by atoms with E-state index in [-0.39, 0.29) is 17.0 Å². The number of halogens is 1. The van der Waals surface area contributed by atoms with Gasteiger partial charge >= 0.3 is 4.87 Å². The first-order valence-electron chi connectivity index (χ1n) is 8.05. The highest BCUT2D eigenvalue weighted by Gasteiger charge is 2.15. The Morgan fingerprint density at radius 2 is 1.89 bits per heavy atom. The molecule has 0 spiro atoms. The number of nitrogens with zero attached hydrogens (tertiary/aromatic N) is 1. The van der Waals surface area contributed by atoms with Gasteiger partial charge in [0, 0.05) is 16.8 Å². The summed E-state index contributed by atoms with van der Waals surface area (Å²) in [4.78, 5) is 36.3. The van der Waals surface area contributed by atoms with Gasteiger partial charge in [-0.05, 0) is 37.3 Å². The van der Waals surface area contributed by atoms with Crippen LogP contribution in [0.4, 0.5) is 15.8 Å². The fraction of sp³-hybridized carbons (Fsp3) is 0.105. The van der Waals surface area contributed by atoms with Gasteiger partial charge < -0.3 is 10.6 Å². The van der Waals surface area contributed by atoms with Crippen LogP contribution in [0.3, 0.4) is 0 Å². The fourth-order valence-corrected chi connectivity index (χ4v) is 3.22. The summed E-state index contributed by atoms with van der Waals surface area (Å²) in [5, 5.41) is 6.92. The molecule has 0 radical (unpaired) electrons. The van der Waals surface area contributed by atoms with Crippen molar-refractivity contribution in [3.63, 3.8) is 0 Å². The predicted molar refractivity (Wildman–Crippen MR) is 103 cm³/mol. The smallest absolute Gasteiger partial charge is 0.307 e. The number of amides is 2. The molecule has 2 aromatic carbocycles. The van der Waals surface area contributed by atoms with Gasteiger partial charge in [-0.2, -0.15) is 0 Å². The van der Waals surface area contributed by atoms with Crippen molar-refractivity contribution < 1.29 is 14.0 Å². The second kappa shape index (κ2) is 7.96. The van der Waals surface area contributed by atoms with Crippen LogP contribution in [0, 0.1) is 12.7 Å². The average Bonchev–Trinajstić information content (AvgIpc) is 2.94. The van der Waals surface area contributed by atoms with E-state index in [9.17, 15) is 18.8 Å². The topological polar surface area (TPSA) is 80.2 Å². The maximum Gasteiger partial charge on any atom is 0.307 e. The molecule has 138 valence electrons. The SMILES string of the molecule is Cc1csc(=O)n1CC(=O)Nc1ccccc1C(=O)Nc1cccc(F)c1. The van der Waals surface area contributed by atoms with Crippen LogP contribution < -0.4 is 15.5 Å². The van der Waals surface area contributed by atoms with Crippen LogP contribution in [0.25, 0.3) is 0 Å². The number of rotatable bonds is 5. The average molecular weight is 385 g/mol. The van der Waals surface area contributed by atoms with E-state index in [1.807, 2.05) is 0 Å². The highest BCUT2D eigenvalue weighted by atomic mass is 32.1. The van der Waals surface area contributed by atoms with Gasteiger partial charge in [-0.25, -0.2) is 4.39 Å². The molecule has 0 atom stereocenters. The minimum atomic E-state index is -0.486. The van der Waals surface area contributed by atoms with Crippen LogP contribution in [0.1, 0.15) is 16.1 Å². The molecule has 2 amide bonds. The Morgan fingerprint density at radius 1 is 1.11 bits per heavy atom. The van der Waals surface area contributed by atoms with Gasteiger partial charge in [0.05, 0.1) is 11.3 Å². The number of hydrogen-bond acceptors (Lipinski definition) is 4. The van der Waals surface area contributed by atoms with Crippen molar-refractivity contribution in [1.29, 1.82) is 0 Å². The summed E-state index contributed by atoms with van der Waals surface area (Å²) in [6.07, 6.45) is 0. The summed E-state index contributed by atoms with van der Waals surface area (Å²) < 4.78 is 14.6. The first-order valence-corrected chi connectivity index (χ1v) is 8.93. The quantitative estimate of drug-likeness (QED) is 0.708. The molecule has 27 heavy (non-hydrogen) atoms. The molecule has 0 bridgehead atoms. The predicted octanol–water partition coefficient (Wildman–Crippen LogP) is 3.25. The van der Waals surface area contributed by atoms with E-state index in [1.165, 1.54) is 22.8 Å². The van der Waals surface area contributed by atoms with Gasteiger partial charge in [0.25, 0.3) is 5.91 Å². The number of benzene rings is 2. The number of carbonyl (C=O) groups excluding carboxylic acids is 2. The second-order valence-corrected chi connectivity index (χ2v) is 6.61. The third kappa shape index (κ3) is 4.48. The standard InChI is InChI=1S/C19H16FN3O3S/c1-12-11-27-19(26)23(12)10-17(24)22-16-8-3-2-7-15(16)18(25)21-14-6-4-5-13(20)9-14/h2-9,11H,10H2,1H3,(H,21,25)(H,22,24). The Morgan fingerprint density at radius 3 is 2.59 bits per heavy atom. The molecule has 1 aromatic heterocycles. The molecular formula is C19H16FN3O3S. The number of anilines is 2. The summed E-state index contributed by atoms with van der Waals surface area (Å²) in [6, 6.07) is 12.0. The van der Waals surface area contributed by atoms with Crippen molar-refractivity contribution in [3.05, 3.63) is 80.7 Å². The number of aromatic nitrogens is 1. The lowest BCUT2D eigenvalue weighted by atomic mass is 10.1. The van der Waals surface area contributed by atoms with Crippen LogP contribution in [-0.2, 0) is 11.3 Å². The van der Waals surface area contributed by atoms with Crippen molar-refractivity contribution >= 4 is 34.5 Å². The highest BCUT2D eigenvalue weighted by molar-refractivity contribution is 7.07. The molecule has 0 saturated heterocycles. The second-order valence-electron chi connectivity index (χ2n) is 5.79. The number of hydrogen-bond donors (Lipinski definition) is 2. The third-order valence-electron chi connectivity index (χ3n) is 3.81. The zero-order chi connectivity index (χ0) is 19.4. The van der Waals surface area contributed by atoms with Crippen LogP contribution in [0.15, 0.2) is 58.7 Å². The maximum absolute atomic E-state index is 13.3. The van der Waals surface area contributed by atoms with E-state index in [1.54, 1.807) is 42.6 Å². The minimum absolute atomic E-state index is 0.145. The van der Waals surface area contributed by atoms with Crippen LogP contribution >= 0.6 is 11.3 Å². The first-order chi connectivity index (χ1) is 12.9. The molecular weight excluding hydrogens is 369 g/mol. The summed E-state index contributed by atoms with van der Waals surface area (Å²) in [5.74, 6) is -1.38. The molecule has 3 aromatic rings. The third-order valence-corrected chi connectivity index (χ3v) is 4.69. The Hall–Kier alpha value is -3.26. The molecule has 3 rings (SSSR count). The van der Waals surface area contributed by atoms with Gasteiger partial charge in [0.2, 0.25) is 5.91 Å². The fourth-order valence-electron chi connectivity index (χ4n) is 2.48. The van der Waals surface area contributed by atoms with Crippen molar-refractivity contribution in [2.24, 2.45) is 0 Å². The number of aryl methyl sites for hydroxylation is 1. The molecule has 0 saturated carbocycles. The maximum atomic E-state index is 13.3. The zero-order valence-corrected chi connectivity index (χ0v) is 15.2. The summed E-state index contributed by atoms with van der Waals surface area (Å²) >= 11 is 1.02. The normalized spacial score (nSPS) is 10.4. The Balaban J connectivity index is 1.76. The number of thiazole rings is 1. The molecule has 8 heteroatoms. The van der Waals surface area contributed by atoms with Crippen molar-refractivity contribution in [2.75, 3.05) is 10.6 Å². The lowest BCUT2D eigenvalue weighted by Gasteiger charge is -2.12. The first kappa shape index (κ1) is 18.5. The highest BCUT2D eigenvalue weighted by Crippen LogP contribution is 2.18. The van der Waals surface area contributed by atoms with Gasteiger partial charge in [-0.1, -0.05) is 29.5 Å². The van der Waals surface area contributed by atoms with Gasteiger partial charge in [-0.15, -0.1) is 0 Å². The Bertz CT molecular complexity index is 1060. The van der Waals surface area contributed by atoms with Gasteiger partial charge in [-0.3, -0.25) is 19.0 Å². The summed E-state index contributed by atoms with van der Waals surface area (Å²) in [7, 11) is 0. The summed E-state index contributed by atoms with van der Waals surface area (Å²) in [6.45, 7) is 1.60. The Kier molecular flexibility index (Phi) is 5.46. The number of carbonyl (C=O) groups is 2. The van der Waals surface area contributed by atoms with Gasteiger partial charge in [0.15, 0.2) is 0 Å². The Labute approximate surface area is 158 Å². The number of nitrogens with one attached hydrogen (secondary N) is 2. The van der Waals surface area contributed by atoms with E-state index in [0.29, 0.717) is 17.1 Å². The van der Waals surface area contributed by atoms with E-state index in [0.717, 1.165) is 11.3 Å². The zero-order valence-electron chi connectivity index (χ0n) is 14.4. The molecule has 1 heterocycles. The van der Waals surface area contributed by atoms with Crippen LogP contribution in [-0.4, -0.2) is 16.4 Å². The van der Waals surface area contributed by atoms with Crippen LogP contribution in [0.2, 0.25) is 0 Å². The largest absolute Gasteiger partial charge is 0.324 e. The lowest BCUT2D eigenvalue weighted by Crippen LogP contribution is -2.26. The van der Waals surface area contributed by atoms with Crippen LogP contribution in [0.5, 0.6) is 0 Å². The molecule has 0 unspecified atom stereocenters. The lowest BCUT2D eigenvalue weighted by molar-refractivity contribution is -0.116. The molecule has 0 aliphatic rings. The molecule has 0 fully saturated rings. The monoisotopic (exact) mass is 385 g/mol.